The summed E-state index contributed by atoms with van der Waals surface area (Å²) in [7, 11) is 9.34. The average molecular weight is 220 g/mol. The van der Waals surface area contributed by atoms with E-state index < -0.39 is 0 Å². The quantitative estimate of drug-likeness (QED) is 0.511. The largest absolute Gasteiger partial charge is 0 e. The Hall–Kier alpha value is 2.15. The number of hydrogen-bond acceptors (Lipinski definition) is 0. The molecule has 0 nitrogen and oxygen atoms in total. The molecule has 5 heavy (non-hydrogen) atoms. The van der Waals surface area contributed by atoms with Gasteiger partial charge >= 0.3 is 33.3 Å². The van der Waals surface area contributed by atoms with Crippen molar-refractivity contribution in [2.75, 3.05) is 0 Å². The van der Waals surface area contributed by atoms with E-state index in [1.165, 1.54) is 0 Å². The first kappa shape index (κ1) is 15.7. The molecule has 0 aliphatic carbocycles. The van der Waals surface area contributed by atoms with Crippen LogP contribution in [0.2, 0.25) is 0 Å². The third kappa shape index (κ3) is 22.9. The molecule has 0 saturated heterocycles. The van der Waals surface area contributed by atoms with Gasteiger partial charge in [-0.25, -0.2) is 0 Å². The van der Waals surface area contributed by atoms with Gasteiger partial charge in [0, 0.05) is 17.1 Å². The Kier molecular flexibility index (Phi) is 51.6. The van der Waals surface area contributed by atoms with E-state index in [2.05, 4.69) is 20.2 Å². The molecule has 0 rings (SSSR count). The van der Waals surface area contributed by atoms with E-state index in [1.54, 1.807) is 0 Å². The zero-order valence-electron chi connectivity index (χ0n) is 1.41. The van der Waals surface area contributed by atoms with Crippen molar-refractivity contribution in [1.29, 1.82) is 0 Å². The summed E-state index contributed by atoms with van der Waals surface area (Å²) in [4.78, 5) is 0. The second kappa shape index (κ2) is 16.4. The molecule has 0 radical (unpaired) electrons. The maximum Gasteiger partial charge on any atom is 0 e. The molecule has 0 fully saturated rings. The van der Waals surface area contributed by atoms with Gasteiger partial charge in [-0.05, 0) is 0 Å². The number of halogens is 2. The van der Waals surface area contributed by atoms with Crippen molar-refractivity contribution in [1.82, 2.24) is 0 Å². The summed E-state index contributed by atoms with van der Waals surface area (Å²) >= 11 is 0.757. The Balaban J connectivity index is -0.0000000200. The third-order valence-electron chi connectivity index (χ3n) is 0. The third-order valence-corrected chi connectivity index (χ3v) is 0. The molecule has 0 spiro atoms. The van der Waals surface area contributed by atoms with Crippen molar-refractivity contribution in [2.45, 2.75) is 0 Å². The Bertz CT molecular complexity index is 9.61. The maximum absolute atomic E-state index is 4.67. The summed E-state index contributed by atoms with van der Waals surface area (Å²) < 4.78 is 0. The van der Waals surface area contributed by atoms with Crippen molar-refractivity contribution in [2.24, 2.45) is 0 Å². The summed E-state index contributed by atoms with van der Waals surface area (Å²) in [6, 6.07) is 0. The van der Waals surface area contributed by atoms with E-state index in [-0.39, 0.29) is 34.4 Å². The van der Waals surface area contributed by atoms with Crippen molar-refractivity contribution < 1.29 is 30.2 Å². The fraction of sp³-hybridized carbons (Fsp3) is 0. The minimum atomic E-state index is 0. The van der Waals surface area contributed by atoms with Crippen LogP contribution in [0.1, 0.15) is 0 Å². The molecular weight excluding hydrogens is 217 g/mol. The Labute approximate surface area is 67.2 Å². The summed E-state index contributed by atoms with van der Waals surface area (Å²) in [5.41, 5.74) is 0. The second-order valence-electron chi connectivity index (χ2n) is 0.0431. The van der Waals surface area contributed by atoms with Crippen LogP contribution in [0, 0.1) is 0 Å². The minimum Gasteiger partial charge on any atom is 0 e. The normalized spacial score (nSPS) is 4.40. The van der Waals surface area contributed by atoms with E-state index in [0.29, 0.717) is 0 Å². The molecule has 0 aliphatic rings. The van der Waals surface area contributed by atoms with Crippen molar-refractivity contribution in [3.05, 3.63) is 0 Å². The topological polar surface area (TPSA) is 0 Å². The Morgan fingerprint density at radius 1 is 1.20 bits per heavy atom. The van der Waals surface area contributed by atoms with Crippen LogP contribution < -0.4 is 0 Å². The smallest absolute Gasteiger partial charge is 0 e. The summed E-state index contributed by atoms with van der Waals surface area (Å²) in [5.74, 6) is 0. The van der Waals surface area contributed by atoms with Gasteiger partial charge in [-0.15, -0.1) is 0 Å². The predicted octanol–water partition coefficient (Wildman–Crippen LogP) is 0.190. The summed E-state index contributed by atoms with van der Waals surface area (Å²) in [5, 5.41) is 0. The number of hydrogen-bond donors (Lipinski definition) is 0. The summed E-state index contributed by atoms with van der Waals surface area (Å²) in [6.07, 6.45) is 0. The SMILES string of the molecule is [AlH3].[Cl][Cu][Cl].[Fe]. The van der Waals surface area contributed by atoms with E-state index in [9.17, 15) is 0 Å². The molecule has 0 amide bonds. The first-order valence-corrected chi connectivity index (χ1v) is 2.82. The first-order valence-electron chi connectivity index (χ1n) is 0.228. The molecule has 0 bridgehead atoms. The van der Waals surface area contributed by atoms with Crippen LogP contribution in [-0.4, -0.2) is 17.4 Å². The first-order chi connectivity index (χ1) is 1.41. The van der Waals surface area contributed by atoms with Gasteiger partial charge in [-0.1, -0.05) is 0 Å². The van der Waals surface area contributed by atoms with Gasteiger partial charge in [-0.2, -0.15) is 0 Å². The molecule has 0 heterocycles. The molecule has 0 aromatic carbocycles. The minimum absolute atomic E-state index is 0. The van der Waals surface area contributed by atoms with E-state index in [4.69, 9.17) is 0 Å². The van der Waals surface area contributed by atoms with Crippen LogP contribution in [0.15, 0.2) is 0 Å². The predicted molar refractivity (Wildman–Crippen MR) is 21.6 cm³/mol. The standard InChI is InChI=1S/Al.2ClH.Cu.Fe.3H/h;2*1H;;;;;/q;;;+2;;;;/p-2. The van der Waals surface area contributed by atoms with Crippen LogP contribution in [0.25, 0.3) is 0 Å². The van der Waals surface area contributed by atoms with Gasteiger partial charge in [-0.3, -0.25) is 0 Å². The molecule has 0 aromatic heterocycles. The van der Waals surface area contributed by atoms with E-state index in [0.717, 1.165) is 13.1 Å². The van der Waals surface area contributed by atoms with Gasteiger partial charge < -0.3 is 0 Å². The van der Waals surface area contributed by atoms with Crippen LogP contribution in [0.5, 0.6) is 0 Å². The molecular formula is H3AlCl2CuFe. The zero-order valence-corrected chi connectivity index (χ0v) is 4.97. The monoisotopic (exact) mass is 219 g/mol. The van der Waals surface area contributed by atoms with Crippen LogP contribution in [0.3, 0.4) is 0 Å². The molecule has 0 aliphatic heterocycles. The fourth-order valence-electron chi connectivity index (χ4n) is 0. The molecule has 0 atom stereocenters. The summed E-state index contributed by atoms with van der Waals surface area (Å²) in [6.45, 7) is 0. The molecule has 0 unspecified atom stereocenters. The van der Waals surface area contributed by atoms with Crippen LogP contribution in [-0.2, 0) is 30.2 Å². The van der Waals surface area contributed by atoms with Crippen molar-refractivity contribution >= 4 is 37.6 Å². The van der Waals surface area contributed by atoms with Gasteiger partial charge in [0.15, 0.2) is 17.4 Å². The second-order valence-corrected chi connectivity index (χ2v) is 1.60. The Morgan fingerprint density at radius 3 is 1.20 bits per heavy atom. The van der Waals surface area contributed by atoms with Crippen LogP contribution in [0.4, 0.5) is 0 Å². The van der Waals surface area contributed by atoms with Crippen molar-refractivity contribution in [3.8, 4) is 0 Å². The zero-order chi connectivity index (χ0) is 2.71. The maximum atomic E-state index is 4.67. The van der Waals surface area contributed by atoms with E-state index >= 15 is 0 Å². The average Bonchev–Trinajstić information content (AvgIpc) is 0.918. The molecule has 0 saturated carbocycles. The Morgan fingerprint density at radius 2 is 1.20 bits per heavy atom. The molecule has 5 heteroatoms. The van der Waals surface area contributed by atoms with Crippen LogP contribution >= 0.6 is 20.2 Å². The van der Waals surface area contributed by atoms with Gasteiger partial charge in [0.1, 0.15) is 0 Å². The number of rotatable bonds is 0. The molecule has 39 valence electrons. The van der Waals surface area contributed by atoms with Gasteiger partial charge in [0.2, 0.25) is 0 Å². The molecule has 0 N–H and O–H groups in total. The van der Waals surface area contributed by atoms with Gasteiger partial charge in [0.05, 0.1) is 0 Å². The van der Waals surface area contributed by atoms with Gasteiger partial charge in [0.25, 0.3) is 0 Å². The van der Waals surface area contributed by atoms with Crippen molar-refractivity contribution in [3.63, 3.8) is 0 Å². The van der Waals surface area contributed by atoms with E-state index in [1.807, 2.05) is 0 Å². The fourth-order valence-corrected chi connectivity index (χ4v) is 0. The molecule has 0 aromatic rings.